The minimum absolute atomic E-state index is 0.0233. The lowest BCUT2D eigenvalue weighted by Gasteiger charge is -2.21. The van der Waals surface area contributed by atoms with Crippen LogP contribution in [0.3, 0.4) is 0 Å². The maximum Gasteiger partial charge on any atom is 0.242 e. The summed E-state index contributed by atoms with van der Waals surface area (Å²) in [5.41, 5.74) is 5.68. The van der Waals surface area contributed by atoms with Crippen molar-refractivity contribution in [3.8, 4) is 0 Å². The Morgan fingerprint density at radius 1 is 1.42 bits per heavy atom. The molecule has 0 saturated carbocycles. The lowest BCUT2D eigenvalue weighted by Crippen LogP contribution is -2.48. The van der Waals surface area contributed by atoms with E-state index in [4.69, 9.17) is 5.73 Å². The summed E-state index contributed by atoms with van der Waals surface area (Å²) in [6.07, 6.45) is 0.297. The highest BCUT2D eigenvalue weighted by atomic mass is 16.2. The first kappa shape index (κ1) is 15.4. The van der Waals surface area contributed by atoms with Crippen molar-refractivity contribution in [2.45, 2.75) is 26.3 Å². The number of rotatable bonds is 4. The van der Waals surface area contributed by atoms with E-state index >= 15 is 0 Å². The smallest absolute Gasteiger partial charge is 0.242 e. The van der Waals surface area contributed by atoms with Gasteiger partial charge in [0.25, 0.3) is 0 Å². The second-order valence-electron chi connectivity index (χ2n) is 4.97. The van der Waals surface area contributed by atoms with E-state index in [-0.39, 0.29) is 30.2 Å². The monoisotopic (exact) mass is 270 g/mol. The Morgan fingerprint density at radius 3 is 2.74 bits per heavy atom. The quantitative estimate of drug-likeness (QED) is 0.574. The molecule has 0 aromatic rings. The van der Waals surface area contributed by atoms with Crippen molar-refractivity contribution < 1.29 is 14.4 Å². The molecule has 1 heterocycles. The Kier molecular flexibility index (Phi) is 5.75. The zero-order valence-corrected chi connectivity index (χ0v) is 11.4. The van der Waals surface area contributed by atoms with Crippen LogP contribution in [0.1, 0.15) is 20.3 Å². The molecule has 3 amide bonds. The normalized spacial score (nSPS) is 17.7. The molecule has 7 nitrogen and oxygen atoms in total. The Labute approximate surface area is 112 Å². The molecule has 7 heteroatoms. The lowest BCUT2D eigenvalue weighted by atomic mass is 10.1. The Morgan fingerprint density at radius 2 is 2.11 bits per heavy atom. The topological polar surface area (TPSA) is 105 Å². The SMILES string of the molecule is CC(C)[C@H](N)C(=O)NCC(=O)N1CCNC(=O)CC1. The number of amides is 3. The molecule has 4 N–H and O–H groups in total. The maximum absolute atomic E-state index is 11.9. The fourth-order valence-electron chi connectivity index (χ4n) is 1.71. The van der Waals surface area contributed by atoms with Crippen molar-refractivity contribution in [2.24, 2.45) is 11.7 Å². The van der Waals surface area contributed by atoms with Gasteiger partial charge < -0.3 is 21.3 Å². The number of carbonyl (C=O) groups excluding carboxylic acids is 3. The largest absolute Gasteiger partial charge is 0.354 e. The Bertz CT molecular complexity index is 357. The zero-order chi connectivity index (χ0) is 14.4. The van der Waals surface area contributed by atoms with Crippen LogP contribution >= 0.6 is 0 Å². The van der Waals surface area contributed by atoms with Crippen LogP contribution in [0.2, 0.25) is 0 Å². The molecule has 1 saturated heterocycles. The summed E-state index contributed by atoms with van der Waals surface area (Å²) in [7, 11) is 0. The predicted octanol–water partition coefficient (Wildman–Crippen LogP) is -1.57. The van der Waals surface area contributed by atoms with Crippen LogP contribution in [0, 0.1) is 5.92 Å². The van der Waals surface area contributed by atoms with Crippen LogP contribution in [0.5, 0.6) is 0 Å². The number of hydrogen-bond donors (Lipinski definition) is 3. The van der Waals surface area contributed by atoms with Gasteiger partial charge in [-0.05, 0) is 5.92 Å². The molecule has 0 bridgehead atoms. The summed E-state index contributed by atoms with van der Waals surface area (Å²) >= 11 is 0. The van der Waals surface area contributed by atoms with Crippen LogP contribution < -0.4 is 16.4 Å². The molecule has 1 aliphatic rings. The van der Waals surface area contributed by atoms with E-state index in [2.05, 4.69) is 10.6 Å². The molecule has 0 aromatic carbocycles. The second kappa shape index (κ2) is 7.08. The van der Waals surface area contributed by atoms with Gasteiger partial charge in [-0.1, -0.05) is 13.8 Å². The van der Waals surface area contributed by atoms with Crippen LogP contribution in [-0.4, -0.2) is 54.8 Å². The molecule has 0 aliphatic carbocycles. The molecule has 0 aromatic heterocycles. The molecule has 0 radical (unpaired) electrons. The fourth-order valence-corrected chi connectivity index (χ4v) is 1.71. The predicted molar refractivity (Wildman–Crippen MR) is 70.0 cm³/mol. The van der Waals surface area contributed by atoms with Crippen molar-refractivity contribution in [3.05, 3.63) is 0 Å². The molecule has 0 spiro atoms. The molecule has 0 unspecified atom stereocenters. The van der Waals surface area contributed by atoms with Gasteiger partial charge in [0.1, 0.15) is 0 Å². The number of nitrogens with zero attached hydrogens (tertiary/aromatic N) is 1. The summed E-state index contributed by atoms with van der Waals surface area (Å²) in [5, 5.41) is 5.22. The van der Waals surface area contributed by atoms with Gasteiger partial charge in [-0.15, -0.1) is 0 Å². The lowest BCUT2D eigenvalue weighted by molar-refractivity contribution is -0.133. The molecule has 19 heavy (non-hydrogen) atoms. The summed E-state index contributed by atoms with van der Waals surface area (Å²) in [4.78, 5) is 36.2. The first-order valence-electron chi connectivity index (χ1n) is 6.49. The highest BCUT2D eigenvalue weighted by molar-refractivity contribution is 5.88. The molecular formula is C12H22N4O3. The number of nitrogens with two attached hydrogens (primary N) is 1. The third-order valence-corrected chi connectivity index (χ3v) is 3.10. The van der Waals surface area contributed by atoms with Crippen molar-refractivity contribution >= 4 is 17.7 Å². The molecule has 1 atom stereocenters. The Balaban J connectivity index is 2.38. The summed E-state index contributed by atoms with van der Waals surface area (Å²) in [5.74, 6) is -0.551. The van der Waals surface area contributed by atoms with E-state index in [0.29, 0.717) is 26.1 Å². The summed E-state index contributed by atoms with van der Waals surface area (Å²) in [6, 6.07) is -0.611. The van der Waals surface area contributed by atoms with Crippen LogP contribution in [-0.2, 0) is 14.4 Å². The number of carbonyl (C=O) groups is 3. The summed E-state index contributed by atoms with van der Waals surface area (Å²) < 4.78 is 0. The minimum atomic E-state index is -0.611. The van der Waals surface area contributed by atoms with E-state index in [1.807, 2.05) is 13.8 Å². The average molecular weight is 270 g/mol. The van der Waals surface area contributed by atoms with Gasteiger partial charge in [-0.25, -0.2) is 0 Å². The summed E-state index contributed by atoms with van der Waals surface area (Å²) in [6.45, 7) is 4.92. The van der Waals surface area contributed by atoms with E-state index in [0.717, 1.165) is 0 Å². The van der Waals surface area contributed by atoms with Gasteiger partial charge in [0, 0.05) is 26.1 Å². The zero-order valence-electron chi connectivity index (χ0n) is 11.4. The van der Waals surface area contributed by atoms with E-state index in [9.17, 15) is 14.4 Å². The third kappa shape index (κ3) is 4.86. The van der Waals surface area contributed by atoms with Crippen molar-refractivity contribution in [2.75, 3.05) is 26.2 Å². The van der Waals surface area contributed by atoms with E-state index in [1.54, 1.807) is 4.90 Å². The van der Waals surface area contributed by atoms with Gasteiger partial charge >= 0.3 is 0 Å². The number of nitrogens with one attached hydrogen (secondary N) is 2. The van der Waals surface area contributed by atoms with Crippen LogP contribution in [0.25, 0.3) is 0 Å². The highest BCUT2D eigenvalue weighted by Gasteiger charge is 2.21. The number of hydrogen-bond acceptors (Lipinski definition) is 4. The molecule has 1 fully saturated rings. The highest BCUT2D eigenvalue weighted by Crippen LogP contribution is 1.99. The third-order valence-electron chi connectivity index (χ3n) is 3.10. The Hall–Kier alpha value is -1.63. The molecule has 108 valence electrons. The fraction of sp³-hybridized carbons (Fsp3) is 0.750. The second-order valence-corrected chi connectivity index (χ2v) is 4.97. The van der Waals surface area contributed by atoms with Gasteiger partial charge in [-0.2, -0.15) is 0 Å². The molecular weight excluding hydrogens is 248 g/mol. The average Bonchev–Trinajstić information content (AvgIpc) is 2.59. The maximum atomic E-state index is 11.9. The van der Waals surface area contributed by atoms with E-state index in [1.165, 1.54) is 0 Å². The first-order valence-corrected chi connectivity index (χ1v) is 6.49. The minimum Gasteiger partial charge on any atom is -0.354 e. The van der Waals surface area contributed by atoms with Crippen LogP contribution in [0.15, 0.2) is 0 Å². The van der Waals surface area contributed by atoms with Crippen molar-refractivity contribution in [1.29, 1.82) is 0 Å². The van der Waals surface area contributed by atoms with E-state index < -0.39 is 6.04 Å². The molecule has 1 rings (SSSR count). The van der Waals surface area contributed by atoms with Crippen molar-refractivity contribution in [3.63, 3.8) is 0 Å². The standard InChI is InChI=1S/C12H22N4O3/c1-8(2)11(13)12(19)15-7-10(18)16-5-3-9(17)14-4-6-16/h8,11H,3-7,13H2,1-2H3,(H,14,17)(H,15,19)/t11-/m0/s1. The van der Waals surface area contributed by atoms with Crippen LogP contribution in [0.4, 0.5) is 0 Å². The van der Waals surface area contributed by atoms with Gasteiger partial charge in [-0.3, -0.25) is 14.4 Å². The van der Waals surface area contributed by atoms with Gasteiger partial charge in [0.05, 0.1) is 12.6 Å². The van der Waals surface area contributed by atoms with Gasteiger partial charge in [0.15, 0.2) is 0 Å². The molecule has 1 aliphatic heterocycles. The van der Waals surface area contributed by atoms with Gasteiger partial charge in [0.2, 0.25) is 17.7 Å². The first-order chi connectivity index (χ1) is 8.91. The van der Waals surface area contributed by atoms with Crippen molar-refractivity contribution in [1.82, 2.24) is 15.5 Å².